The lowest BCUT2D eigenvalue weighted by Gasteiger charge is -2.29. The molecule has 1 aromatic rings. The molecule has 1 aromatic carbocycles. The Kier molecular flexibility index (Phi) is 12.3. The van der Waals surface area contributed by atoms with Crippen molar-refractivity contribution in [2.45, 2.75) is 56.5 Å². The van der Waals surface area contributed by atoms with Crippen LogP contribution in [0.4, 0.5) is 9.59 Å². The third-order valence-electron chi connectivity index (χ3n) is 8.39. The minimum atomic E-state index is -0.594. The summed E-state index contributed by atoms with van der Waals surface area (Å²) in [4.78, 5) is 84.4. The third kappa shape index (κ3) is 9.24. The Hall–Kier alpha value is -4.12. The fraction of sp³-hybridized carbons (Fsp3) is 0.613. The first kappa shape index (κ1) is 35.7. The minimum Gasteiger partial charge on any atom is -0.347 e. The Morgan fingerprint density at radius 1 is 0.766 bits per heavy atom. The van der Waals surface area contributed by atoms with Crippen molar-refractivity contribution in [1.29, 1.82) is 0 Å². The Balaban J connectivity index is 0.000000223. The molecule has 4 aliphatic heterocycles. The molecule has 4 fully saturated rings. The molecular formula is C31H46N8O8. The van der Waals surface area contributed by atoms with Crippen LogP contribution in [0.1, 0.15) is 31.2 Å². The van der Waals surface area contributed by atoms with Crippen molar-refractivity contribution in [2.75, 3.05) is 67.5 Å². The van der Waals surface area contributed by atoms with Crippen molar-refractivity contribution in [3.8, 4) is 0 Å². The van der Waals surface area contributed by atoms with Gasteiger partial charge in [-0.25, -0.2) is 14.7 Å². The summed E-state index contributed by atoms with van der Waals surface area (Å²) in [6.45, 7) is 1.62. The maximum atomic E-state index is 12.7. The number of ketones is 2. The Bertz CT molecular complexity index is 1310. The van der Waals surface area contributed by atoms with Crippen LogP contribution in [0.3, 0.4) is 0 Å². The molecule has 5 rings (SSSR count). The summed E-state index contributed by atoms with van der Waals surface area (Å²) in [6, 6.07) is 7.42. The first-order chi connectivity index (χ1) is 22.3. The van der Waals surface area contributed by atoms with E-state index in [1.165, 1.54) is 9.96 Å². The van der Waals surface area contributed by atoms with E-state index in [4.69, 9.17) is 4.84 Å². The molecule has 16 heteroatoms. The van der Waals surface area contributed by atoms with E-state index in [9.17, 15) is 34.0 Å². The second-order valence-corrected chi connectivity index (χ2v) is 12.8. The van der Waals surface area contributed by atoms with Crippen LogP contribution in [0.15, 0.2) is 30.3 Å². The molecule has 6 amide bonds. The number of nitrogens with zero attached hydrogens (tertiary/aromatic N) is 6. The van der Waals surface area contributed by atoms with E-state index in [0.29, 0.717) is 50.4 Å². The maximum absolute atomic E-state index is 12.7. The lowest BCUT2D eigenvalue weighted by atomic mass is 10.0. The van der Waals surface area contributed by atoms with Crippen molar-refractivity contribution in [2.24, 2.45) is 0 Å². The normalized spacial score (nSPS) is 23.2. The van der Waals surface area contributed by atoms with Crippen LogP contribution in [-0.4, -0.2) is 162 Å². The highest BCUT2D eigenvalue weighted by atomic mass is 16.7. The summed E-state index contributed by atoms with van der Waals surface area (Å²) >= 11 is 0. The van der Waals surface area contributed by atoms with Gasteiger partial charge in [-0.3, -0.25) is 29.2 Å². The highest BCUT2D eigenvalue weighted by molar-refractivity contribution is 5.93. The molecule has 0 aliphatic carbocycles. The second kappa shape index (κ2) is 16.1. The zero-order valence-corrected chi connectivity index (χ0v) is 27.5. The van der Waals surface area contributed by atoms with E-state index in [2.05, 4.69) is 10.6 Å². The van der Waals surface area contributed by atoms with Crippen molar-refractivity contribution in [1.82, 2.24) is 40.4 Å². The monoisotopic (exact) mass is 658 g/mol. The number of carbonyl (C=O) groups excluding carboxylic acids is 6. The number of Topliss-reactive ketones (excluding diaryl/α,β-unsaturated/α-hetero) is 2. The molecule has 4 heterocycles. The van der Waals surface area contributed by atoms with Gasteiger partial charge in [0.05, 0.1) is 38.3 Å². The van der Waals surface area contributed by atoms with Gasteiger partial charge in [-0.1, -0.05) is 30.3 Å². The van der Waals surface area contributed by atoms with Gasteiger partial charge in [0, 0.05) is 13.1 Å². The van der Waals surface area contributed by atoms with Gasteiger partial charge in [0.15, 0.2) is 11.6 Å². The topological polar surface area (TPSA) is 175 Å². The summed E-state index contributed by atoms with van der Waals surface area (Å²) in [7, 11) is 7.15. The highest BCUT2D eigenvalue weighted by Crippen LogP contribution is 2.31. The van der Waals surface area contributed by atoms with Crippen LogP contribution in [0.25, 0.3) is 0 Å². The first-order valence-electron chi connectivity index (χ1n) is 15.8. The number of hydrogen-bond donors (Lipinski definition) is 3. The largest absolute Gasteiger partial charge is 0.347 e. The number of fused-ring (bicyclic) bond motifs is 4. The number of hydrogen-bond acceptors (Lipinski definition) is 10. The van der Waals surface area contributed by atoms with Gasteiger partial charge in [0.1, 0.15) is 18.7 Å². The van der Waals surface area contributed by atoms with Crippen LogP contribution in [0, 0.1) is 0 Å². The van der Waals surface area contributed by atoms with Crippen LogP contribution in [0.5, 0.6) is 0 Å². The zero-order chi connectivity index (χ0) is 34.2. The molecule has 4 bridgehead atoms. The van der Waals surface area contributed by atoms with E-state index >= 15 is 0 Å². The molecule has 258 valence electrons. The van der Waals surface area contributed by atoms with Crippen molar-refractivity contribution < 1.29 is 38.8 Å². The smallest absolute Gasteiger partial charge is 0.345 e. The molecular weight excluding hydrogens is 612 g/mol. The molecule has 0 spiro atoms. The number of amides is 6. The lowest BCUT2D eigenvalue weighted by Crippen LogP contribution is -2.51. The summed E-state index contributed by atoms with van der Waals surface area (Å²) in [5, 5.41) is 16.9. The van der Waals surface area contributed by atoms with E-state index in [1.54, 1.807) is 42.9 Å². The van der Waals surface area contributed by atoms with Crippen molar-refractivity contribution >= 4 is 35.4 Å². The summed E-state index contributed by atoms with van der Waals surface area (Å²) < 4.78 is 0. The molecule has 0 aromatic heterocycles. The van der Waals surface area contributed by atoms with Gasteiger partial charge >= 0.3 is 12.1 Å². The van der Waals surface area contributed by atoms with Gasteiger partial charge in [0.25, 0.3) is 0 Å². The number of carbonyl (C=O) groups is 6. The minimum absolute atomic E-state index is 0.0206. The van der Waals surface area contributed by atoms with E-state index in [0.717, 1.165) is 5.56 Å². The predicted octanol–water partition coefficient (Wildman–Crippen LogP) is -0.475. The molecule has 3 N–H and O–H groups in total. The molecule has 47 heavy (non-hydrogen) atoms. The van der Waals surface area contributed by atoms with Crippen LogP contribution in [0.2, 0.25) is 0 Å². The maximum Gasteiger partial charge on any atom is 0.345 e. The predicted molar refractivity (Wildman–Crippen MR) is 168 cm³/mol. The number of nitrogens with one attached hydrogen (secondary N) is 2. The van der Waals surface area contributed by atoms with Gasteiger partial charge in [-0.15, -0.1) is 0 Å². The summed E-state index contributed by atoms with van der Waals surface area (Å²) in [6.07, 6.45) is 2.35. The van der Waals surface area contributed by atoms with E-state index in [1.807, 2.05) is 30.3 Å². The zero-order valence-electron chi connectivity index (χ0n) is 27.5. The average Bonchev–Trinajstić information content (AvgIpc) is 3.40. The lowest BCUT2D eigenvalue weighted by molar-refractivity contribution is -0.140. The summed E-state index contributed by atoms with van der Waals surface area (Å²) in [5.74, 6) is -0.769. The molecule has 0 radical (unpaired) electrons. The van der Waals surface area contributed by atoms with Crippen molar-refractivity contribution in [3.63, 3.8) is 0 Å². The van der Waals surface area contributed by atoms with Crippen LogP contribution in [-0.2, 0) is 30.6 Å². The first-order valence-corrected chi connectivity index (χ1v) is 15.8. The number of piperidine rings is 2. The number of benzene rings is 1. The molecule has 4 aliphatic rings. The summed E-state index contributed by atoms with van der Waals surface area (Å²) in [5.41, 5.74) is 0.982. The second-order valence-electron chi connectivity index (χ2n) is 12.8. The third-order valence-corrected chi connectivity index (χ3v) is 8.39. The SMILES string of the molecule is CN(C)CC(=O)CNC(=O)[C@@H]1CC[C@@H]2CN1C(=O)N2O.CN(C)CC(=O)CNC(=O)[C@@H]1CC[C@@H]2CN1C(=O)N2OCc1ccccc1. The Morgan fingerprint density at radius 2 is 1.26 bits per heavy atom. The number of likely N-dealkylation sites (N-methyl/N-ethyl adjacent to an activating group) is 2. The molecule has 0 saturated carbocycles. The number of rotatable bonds is 13. The number of hydroxylamine groups is 4. The molecule has 4 saturated heterocycles. The molecule has 0 unspecified atom stereocenters. The highest BCUT2D eigenvalue weighted by Gasteiger charge is 2.48. The molecule has 16 nitrogen and oxygen atoms in total. The van der Waals surface area contributed by atoms with Crippen LogP contribution < -0.4 is 10.6 Å². The quantitative estimate of drug-likeness (QED) is 0.235. The fourth-order valence-corrected chi connectivity index (χ4v) is 6.14. The van der Waals surface area contributed by atoms with Gasteiger partial charge in [0.2, 0.25) is 11.8 Å². The van der Waals surface area contributed by atoms with E-state index < -0.39 is 18.1 Å². The Morgan fingerprint density at radius 3 is 1.79 bits per heavy atom. The van der Waals surface area contributed by atoms with E-state index in [-0.39, 0.29) is 67.7 Å². The van der Waals surface area contributed by atoms with Gasteiger partial charge < -0.3 is 30.2 Å². The standard InChI is InChI=1S/C19H26N4O4.C12H20N4O4/c1-21(2)12-16(24)10-20-18(25)17-9-8-15-11-22(17)19(26)23(15)27-13-14-6-4-3-5-7-14;1-14(2)7-9(17)5-13-11(18)10-4-3-8-6-15(10)12(19)16(8)20/h3-7,15,17H,8-13H2,1-2H3,(H,20,25);8,10,20H,3-7H2,1-2H3,(H,13,18)/t15-,17+;8-,10+/m11/s1. The van der Waals surface area contributed by atoms with Crippen molar-refractivity contribution in [3.05, 3.63) is 35.9 Å². The Labute approximate surface area is 274 Å². The fourth-order valence-electron chi connectivity index (χ4n) is 6.14. The number of urea groups is 2. The van der Waals surface area contributed by atoms with Gasteiger partial charge in [-0.2, -0.15) is 5.06 Å². The van der Waals surface area contributed by atoms with Crippen LogP contribution >= 0.6 is 0 Å². The average molecular weight is 659 g/mol. The molecule has 4 atom stereocenters. The van der Waals surface area contributed by atoms with Gasteiger partial charge in [-0.05, 0) is 59.4 Å².